The minimum absolute atomic E-state index is 0.510. The van der Waals surface area contributed by atoms with Crippen LogP contribution in [0.15, 0.2) is 53.1 Å². The number of rotatable bonds is 0. The molecule has 0 radical (unpaired) electrons. The van der Waals surface area contributed by atoms with Crippen LogP contribution in [-0.4, -0.2) is 10.2 Å². The Morgan fingerprint density at radius 2 is 2.00 bits per heavy atom. The van der Waals surface area contributed by atoms with Crippen molar-refractivity contribution in [3.63, 3.8) is 0 Å². The van der Waals surface area contributed by atoms with E-state index in [-0.39, 0.29) is 0 Å². The molecule has 6 heteroatoms. The molecule has 2 aliphatic heterocycles. The lowest BCUT2D eigenvalue weighted by Crippen LogP contribution is -2.31. The molecule has 1 spiro atoms. The molecule has 0 saturated heterocycles. The van der Waals surface area contributed by atoms with E-state index in [0.29, 0.717) is 16.6 Å². The molecule has 1 unspecified atom stereocenters. The number of fused-ring (bicyclic) bond motifs is 4. The van der Waals surface area contributed by atoms with Gasteiger partial charge in [0.25, 0.3) is 0 Å². The monoisotopic (exact) mass is 296 g/mol. The molecule has 4 N–H and O–H groups in total. The summed E-state index contributed by atoms with van der Waals surface area (Å²) < 4.78 is 5.93. The number of nitrogens with zero attached hydrogens (tertiary/aromatic N) is 2. The van der Waals surface area contributed by atoms with Crippen molar-refractivity contribution in [3.8, 4) is 11.5 Å². The average Bonchev–Trinajstić information content (AvgIpc) is 2.49. The molecule has 21 heavy (non-hydrogen) atoms. The van der Waals surface area contributed by atoms with Crippen molar-refractivity contribution in [2.75, 3.05) is 5.73 Å². The number of benzene rings is 1. The number of nitrogens with two attached hydrogens (primary N) is 2. The fourth-order valence-corrected chi connectivity index (χ4v) is 3.31. The first-order valence-electron chi connectivity index (χ1n) is 6.41. The van der Waals surface area contributed by atoms with Gasteiger partial charge in [-0.1, -0.05) is 11.8 Å². The van der Waals surface area contributed by atoms with Crippen molar-refractivity contribution < 1.29 is 4.74 Å². The van der Waals surface area contributed by atoms with Crippen LogP contribution in [0, 0.1) is 0 Å². The number of thioether (sulfide) groups is 1. The van der Waals surface area contributed by atoms with Crippen LogP contribution in [0.1, 0.15) is 11.1 Å². The lowest BCUT2D eigenvalue weighted by atomic mass is 9.81. The lowest BCUT2D eigenvalue weighted by Gasteiger charge is -2.36. The summed E-state index contributed by atoms with van der Waals surface area (Å²) in [7, 11) is 0. The molecule has 0 amide bonds. The van der Waals surface area contributed by atoms with E-state index in [1.54, 1.807) is 12.4 Å². The van der Waals surface area contributed by atoms with Crippen molar-refractivity contribution in [3.05, 3.63) is 59.3 Å². The van der Waals surface area contributed by atoms with Gasteiger partial charge in [-0.25, -0.2) is 4.99 Å². The Bertz CT molecular complexity index is 802. The third-order valence-corrected chi connectivity index (χ3v) is 4.22. The largest absolute Gasteiger partial charge is 0.455 e. The summed E-state index contributed by atoms with van der Waals surface area (Å²) in [6.45, 7) is 0. The van der Waals surface area contributed by atoms with Crippen LogP contribution < -0.4 is 16.2 Å². The van der Waals surface area contributed by atoms with Crippen LogP contribution in [0.3, 0.4) is 0 Å². The van der Waals surface area contributed by atoms with Gasteiger partial charge in [-0.15, -0.1) is 0 Å². The number of hydrogen-bond donors (Lipinski definition) is 2. The minimum atomic E-state index is -0.698. The number of pyridine rings is 1. The van der Waals surface area contributed by atoms with Crippen molar-refractivity contribution in [2.24, 2.45) is 10.7 Å². The van der Waals surface area contributed by atoms with E-state index in [4.69, 9.17) is 21.2 Å². The normalized spacial score (nSPS) is 22.2. The van der Waals surface area contributed by atoms with Crippen molar-refractivity contribution in [2.45, 2.75) is 5.54 Å². The maximum Gasteiger partial charge on any atom is 0.159 e. The summed E-state index contributed by atoms with van der Waals surface area (Å²) in [6, 6.07) is 7.44. The maximum atomic E-state index is 5.97. The predicted molar refractivity (Wildman–Crippen MR) is 84.3 cm³/mol. The average molecular weight is 296 g/mol. The second-order valence-corrected chi connectivity index (χ2v) is 5.79. The van der Waals surface area contributed by atoms with E-state index >= 15 is 0 Å². The lowest BCUT2D eigenvalue weighted by molar-refractivity contribution is 0.424. The van der Waals surface area contributed by atoms with E-state index in [1.165, 1.54) is 11.8 Å². The van der Waals surface area contributed by atoms with Crippen LogP contribution in [0.5, 0.6) is 11.5 Å². The minimum Gasteiger partial charge on any atom is -0.455 e. The predicted octanol–water partition coefficient (Wildman–Crippen LogP) is 2.59. The Hall–Kier alpha value is -2.47. The van der Waals surface area contributed by atoms with Gasteiger partial charge < -0.3 is 16.2 Å². The van der Waals surface area contributed by atoms with Gasteiger partial charge >= 0.3 is 0 Å². The van der Waals surface area contributed by atoms with Gasteiger partial charge in [0.05, 0.1) is 6.20 Å². The van der Waals surface area contributed by atoms with Gasteiger partial charge in [-0.3, -0.25) is 4.98 Å². The van der Waals surface area contributed by atoms with Gasteiger partial charge in [0, 0.05) is 23.0 Å². The zero-order chi connectivity index (χ0) is 14.4. The molecule has 0 fully saturated rings. The van der Waals surface area contributed by atoms with Crippen LogP contribution in [0.4, 0.5) is 5.69 Å². The highest BCUT2D eigenvalue weighted by Gasteiger charge is 2.42. The first kappa shape index (κ1) is 12.3. The third kappa shape index (κ3) is 1.72. The quantitative estimate of drug-likeness (QED) is 0.730. The standard InChI is InChI=1S/C15H12N4OS/c16-9-1-2-12-11(7-9)15(4-6-21-14(17)19-15)10-3-5-18-8-13(10)20-12/h1-8H,16H2,(H2,17,19). The number of anilines is 1. The van der Waals surface area contributed by atoms with Gasteiger partial charge in [0.15, 0.2) is 10.9 Å². The number of hydrogen-bond acceptors (Lipinski definition) is 6. The molecule has 4 rings (SSSR count). The molecule has 2 aliphatic rings. The van der Waals surface area contributed by atoms with Crippen molar-refractivity contribution in [1.29, 1.82) is 0 Å². The molecule has 0 aliphatic carbocycles. The highest BCUT2D eigenvalue weighted by Crippen LogP contribution is 2.51. The van der Waals surface area contributed by atoms with Crippen molar-refractivity contribution in [1.82, 2.24) is 4.98 Å². The molecule has 1 aromatic carbocycles. The number of nitrogen functional groups attached to an aromatic ring is 1. The smallest absolute Gasteiger partial charge is 0.159 e. The molecule has 3 heterocycles. The topological polar surface area (TPSA) is 86.5 Å². The van der Waals surface area contributed by atoms with Gasteiger partial charge in [-0.05, 0) is 35.7 Å². The van der Waals surface area contributed by atoms with Crippen LogP contribution in [0.25, 0.3) is 0 Å². The summed E-state index contributed by atoms with van der Waals surface area (Å²) in [5.74, 6) is 1.40. The van der Waals surface area contributed by atoms with Gasteiger partial charge in [0.2, 0.25) is 0 Å². The molecule has 104 valence electrons. The van der Waals surface area contributed by atoms with E-state index in [1.807, 2.05) is 35.7 Å². The first-order valence-corrected chi connectivity index (χ1v) is 7.29. The highest BCUT2D eigenvalue weighted by molar-refractivity contribution is 8.16. The molecule has 0 bridgehead atoms. The number of aliphatic imine (C=N–C) groups is 1. The SMILES string of the molecule is NC1=NC2(C=CS1)c1ccncc1Oc1ccc(N)cc12. The molecule has 2 aromatic rings. The Morgan fingerprint density at radius 3 is 2.86 bits per heavy atom. The molecule has 1 atom stereocenters. The van der Waals surface area contributed by atoms with Gasteiger partial charge in [-0.2, -0.15) is 0 Å². The number of ether oxygens (including phenoxy) is 1. The Labute approximate surface area is 125 Å². The third-order valence-electron chi connectivity index (χ3n) is 3.61. The zero-order valence-electron chi connectivity index (χ0n) is 11.0. The van der Waals surface area contributed by atoms with Gasteiger partial charge in [0.1, 0.15) is 11.3 Å². The molecular weight excluding hydrogens is 284 g/mol. The van der Waals surface area contributed by atoms with Crippen LogP contribution >= 0.6 is 11.8 Å². The Morgan fingerprint density at radius 1 is 1.10 bits per heavy atom. The summed E-state index contributed by atoms with van der Waals surface area (Å²) in [4.78, 5) is 8.83. The Balaban J connectivity index is 2.08. The second kappa shape index (κ2) is 4.26. The Kier molecular flexibility index (Phi) is 2.49. The van der Waals surface area contributed by atoms with Crippen LogP contribution in [-0.2, 0) is 5.54 Å². The highest BCUT2D eigenvalue weighted by atomic mass is 32.2. The molecule has 5 nitrogen and oxygen atoms in total. The fraction of sp³-hybridized carbons (Fsp3) is 0.0667. The first-order chi connectivity index (χ1) is 10.2. The van der Waals surface area contributed by atoms with E-state index < -0.39 is 5.54 Å². The van der Waals surface area contributed by atoms with E-state index in [0.717, 1.165) is 16.9 Å². The van der Waals surface area contributed by atoms with Crippen LogP contribution in [0.2, 0.25) is 0 Å². The summed E-state index contributed by atoms with van der Waals surface area (Å²) >= 11 is 1.40. The van der Waals surface area contributed by atoms with E-state index in [2.05, 4.69) is 4.98 Å². The number of amidine groups is 1. The summed E-state index contributed by atoms with van der Waals surface area (Å²) in [5, 5.41) is 2.46. The summed E-state index contributed by atoms with van der Waals surface area (Å²) in [5.41, 5.74) is 13.7. The summed E-state index contributed by atoms with van der Waals surface area (Å²) in [6.07, 6.45) is 5.44. The van der Waals surface area contributed by atoms with Crippen molar-refractivity contribution >= 4 is 22.6 Å². The zero-order valence-corrected chi connectivity index (χ0v) is 11.8. The number of aromatic nitrogens is 1. The maximum absolute atomic E-state index is 5.97. The fourth-order valence-electron chi connectivity index (χ4n) is 2.71. The molecular formula is C15H12N4OS. The second-order valence-electron chi connectivity index (χ2n) is 4.87. The molecule has 0 saturated carbocycles. The van der Waals surface area contributed by atoms with E-state index in [9.17, 15) is 0 Å². The molecule has 1 aromatic heterocycles.